The van der Waals surface area contributed by atoms with Crippen LogP contribution in [0.3, 0.4) is 0 Å². The molecule has 4 nitrogen and oxygen atoms in total. The fraction of sp³-hybridized carbons (Fsp3) is 0.0588. The van der Waals surface area contributed by atoms with Crippen LogP contribution in [0.5, 0.6) is 0 Å². The molecule has 3 aromatic rings. The van der Waals surface area contributed by atoms with Crippen LogP contribution in [0, 0.1) is 29.1 Å². The number of benzene rings is 2. The van der Waals surface area contributed by atoms with E-state index >= 15 is 0 Å². The van der Waals surface area contributed by atoms with Crippen LogP contribution >= 0.6 is 0 Å². The molecule has 3 rings (SSSR count). The summed E-state index contributed by atoms with van der Waals surface area (Å²) in [4.78, 5) is 26.6. The number of aromatic amines is 1. The second-order valence-electron chi connectivity index (χ2n) is 5.39. The second-order valence-corrected chi connectivity index (χ2v) is 5.39. The van der Waals surface area contributed by atoms with E-state index in [2.05, 4.69) is 10.3 Å². The molecule has 0 radical (unpaired) electrons. The molecular formula is C17H9F5N2O2. The van der Waals surface area contributed by atoms with E-state index in [1.807, 2.05) is 0 Å². The van der Waals surface area contributed by atoms with Crippen molar-refractivity contribution in [1.82, 2.24) is 4.98 Å². The molecule has 0 atom stereocenters. The van der Waals surface area contributed by atoms with Crippen molar-refractivity contribution in [3.05, 3.63) is 69.1 Å². The lowest BCUT2D eigenvalue weighted by Gasteiger charge is -2.13. The number of hydrogen-bond donors (Lipinski definition) is 2. The van der Waals surface area contributed by atoms with Gasteiger partial charge in [0.25, 0.3) is 0 Å². The maximum Gasteiger partial charge on any atom is 0.202 e. The highest BCUT2D eigenvalue weighted by Crippen LogP contribution is 2.26. The number of hydrogen-bond acceptors (Lipinski definition) is 3. The van der Waals surface area contributed by atoms with E-state index in [9.17, 15) is 31.5 Å². The Bertz CT molecular complexity index is 1120. The number of halogens is 5. The van der Waals surface area contributed by atoms with Crippen LogP contribution in [0.2, 0.25) is 0 Å². The van der Waals surface area contributed by atoms with Crippen molar-refractivity contribution in [2.75, 3.05) is 5.32 Å². The lowest BCUT2D eigenvalue weighted by atomic mass is 10.1. The first kappa shape index (κ1) is 17.6. The monoisotopic (exact) mass is 368 g/mol. The smallest absolute Gasteiger partial charge is 0.202 e. The minimum absolute atomic E-state index is 0.301. The summed E-state index contributed by atoms with van der Waals surface area (Å²) >= 11 is 0. The normalized spacial score (nSPS) is 11.0. The predicted octanol–water partition coefficient (Wildman–Crippen LogP) is 4.17. The van der Waals surface area contributed by atoms with Gasteiger partial charge in [-0.05, 0) is 31.2 Å². The number of aromatic nitrogens is 1. The average Bonchev–Trinajstić information content (AvgIpc) is 2.59. The van der Waals surface area contributed by atoms with Crippen molar-refractivity contribution in [3.63, 3.8) is 0 Å². The summed E-state index contributed by atoms with van der Waals surface area (Å²) in [6.07, 6.45) is 0. The van der Waals surface area contributed by atoms with Crippen LogP contribution in [0.1, 0.15) is 17.3 Å². The number of rotatable bonds is 3. The maximum absolute atomic E-state index is 14.0. The number of anilines is 2. The zero-order valence-corrected chi connectivity index (χ0v) is 13.0. The van der Waals surface area contributed by atoms with E-state index in [0.717, 1.165) is 25.1 Å². The van der Waals surface area contributed by atoms with Gasteiger partial charge in [0.15, 0.2) is 34.9 Å². The third kappa shape index (κ3) is 2.71. The number of carbonyl (C=O) groups is 1. The quantitative estimate of drug-likeness (QED) is 0.414. The maximum atomic E-state index is 14.0. The Hall–Kier alpha value is -3.23. The zero-order chi connectivity index (χ0) is 19.2. The van der Waals surface area contributed by atoms with E-state index < -0.39 is 62.9 Å². The van der Waals surface area contributed by atoms with Gasteiger partial charge < -0.3 is 10.3 Å². The largest absolute Gasteiger partial charge is 0.339 e. The van der Waals surface area contributed by atoms with Crippen LogP contribution in [0.4, 0.5) is 33.5 Å². The van der Waals surface area contributed by atoms with Gasteiger partial charge in [-0.25, -0.2) is 22.0 Å². The first-order valence-corrected chi connectivity index (χ1v) is 7.17. The molecule has 0 fully saturated rings. The fourth-order valence-electron chi connectivity index (χ4n) is 2.48. The molecule has 1 aromatic heterocycles. The van der Waals surface area contributed by atoms with E-state index in [0.29, 0.717) is 6.07 Å². The summed E-state index contributed by atoms with van der Waals surface area (Å²) in [5.41, 5.74) is -2.62. The number of fused-ring (bicyclic) bond motifs is 1. The van der Waals surface area contributed by atoms with Crippen molar-refractivity contribution in [2.24, 2.45) is 0 Å². The number of carbonyl (C=O) groups excluding carboxylic acids is 1. The molecule has 0 spiro atoms. The van der Waals surface area contributed by atoms with Gasteiger partial charge in [0.1, 0.15) is 11.4 Å². The summed E-state index contributed by atoms with van der Waals surface area (Å²) in [7, 11) is 0. The van der Waals surface area contributed by atoms with Gasteiger partial charge in [-0.3, -0.25) is 9.59 Å². The highest BCUT2D eigenvalue weighted by atomic mass is 19.2. The van der Waals surface area contributed by atoms with Crippen molar-refractivity contribution < 1.29 is 26.7 Å². The first-order chi connectivity index (χ1) is 12.2. The molecule has 134 valence electrons. The number of H-pyrrole nitrogens is 1. The van der Waals surface area contributed by atoms with E-state index in [4.69, 9.17) is 0 Å². The Balaban J connectivity index is 2.30. The van der Waals surface area contributed by atoms with Gasteiger partial charge in [-0.2, -0.15) is 0 Å². The standard InChI is InChI=1S/C17H9F5N2O2/c1-6(25)11-16(26)7-2-3-9(19)13(21)15(7)24-17(11)23-10-5-4-8(18)12(20)14(10)22/h2-5H,1H3,(H2,23,24,26). The molecule has 0 aliphatic rings. The summed E-state index contributed by atoms with van der Waals surface area (Å²) in [5.74, 6) is -8.72. The molecule has 9 heteroatoms. The van der Waals surface area contributed by atoms with E-state index in [-0.39, 0.29) is 5.39 Å². The Kier molecular flexibility index (Phi) is 4.23. The molecule has 0 aliphatic heterocycles. The molecule has 0 aliphatic carbocycles. The molecule has 1 heterocycles. The Morgan fingerprint density at radius 1 is 0.923 bits per heavy atom. The molecule has 2 N–H and O–H groups in total. The number of ketones is 1. The van der Waals surface area contributed by atoms with Gasteiger partial charge in [0.2, 0.25) is 5.43 Å². The highest BCUT2D eigenvalue weighted by Gasteiger charge is 2.21. The third-order valence-corrected chi connectivity index (χ3v) is 3.71. The third-order valence-electron chi connectivity index (χ3n) is 3.71. The van der Waals surface area contributed by atoms with Crippen LogP contribution in [-0.2, 0) is 0 Å². The molecule has 26 heavy (non-hydrogen) atoms. The molecule has 2 aromatic carbocycles. The van der Waals surface area contributed by atoms with Crippen molar-refractivity contribution >= 4 is 28.2 Å². The number of Topliss-reactive ketones (excluding diaryl/α,β-unsaturated/α-hetero) is 1. The fourth-order valence-corrected chi connectivity index (χ4v) is 2.48. The Labute approximate surface area is 142 Å². The molecule has 0 saturated carbocycles. The Morgan fingerprint density at radius 3 is 2.19 bits per heavy atom. The van der Waals surface area contributed by atoms with Crippen LogP contribution in [0.15, 0.2) is 29.1 Å². The molecular weight excluding hydrogens is 359 g/mol. The lowest BCUT2D eigenvalue weighted by Crippen LogP contribution is -2.18. The minimum Gasteiger partial charge on any atom is -0.339 e. The molecule has 0 unspecified atom stereocenters. The molecule has 0 saturated heterocycles. The van der Waals surface area contributed by atoms with Crippen molar-refractivity contribution in [1.29, 1.82) is 0 Å². The Morgan fingerprint density at radius 2 is 1.54 bits per heavy atom. The summed E-state index contributed by atoms with van der Waals surface area (Å²) in [5, 5.41) is 1.92. The number of pyridine rings is 1. The molecule has 0 amide bonds. The van der Waals surface area contributed by atoms with Crippen LogP contribution in [0.25, 0.3) is 10.9 Å². The van der Waals surface area contributed by atoms with Gasteiger partial charge in [-0.15, -0.1) is 0 Å². The van der Waals surface area contributed by atoms with Gasteiger partial charge in [0, 0.05) is 5.39 Å². The highest BCUT2D eigenvalue weighted by molar-refractivity contribution is 6.02. The van der Waals surface area contributed by atoms with Crippen LogP contribution < -0.4 is 10.7 Å². The van der Waals surface area contributed by atoms with Gasteiger partial charge >= 0.3 is 0 Å². The van der Waals surface area contributed by atoms with Gasteiger partial charge in [0.05, 0.1) is 11.2 Å². The first-order valence-electron chi connectivity index (χ1n) is 7.17. The summed E-state index contributed by atoms with van der Waals surface area (Å²) in [6.45, 7) is 1.03. The van der Waals surface area contributed by atoms with Crippen LogP contribution in [-0.4, -0.2) is 10.8 Å². The molecule has 0 bridgehead atoms. The zero-order valence-electron chi connectivity index (χ0n) is 13.0. The lowest BCUT2D eigenvalue weighted by molar-refractivity contribution is 0.101. The average molecular weight is 368 g/mol. The summed E-state index contributed by atoms with van der Waals surface area (Å²) < 4.78 is 67.7. The van der Waals surface area contributed by atoms with E-state index in [1.165, 1.54) is 0 Å². The van der Waals surface area contributed by atoms with Crippen molar-refractivity contribution in [3.8, 4) is 0 Å². The van der Waals surface area contributed by atoms with Gasteiger partial charge in [-0.1, -0.05) is 0 Å². The van der Waals surface area contributed by atoms with Crippen molar-refractivity contribution in [2.45, 2.75) is 6.92 Å². The minimum atomic E-state index is -1.78. The van der Waals surface area contributed by atoms with E-state index in [1.54, 1.807) is 0 Å². The summed E-state index contributed by atoms with van der Waals surface area (Å²) in [6, 6.07) is 3.15. The SMILES string of the molecule is CC(=O)c1c(Nc2ccc(F)c(F)c2F)[nH]c2c(F)c(F)ccc2c1=O. The predicted molar refractivity (Wildman–Crippen MR) is 84.1 cm³/mol. The number of nitrogens with one attached hydrogen (secondary N) is 2. The topological polar surface area (TPSA) is 62.0 Å². The second kappa shape index (κ2) is 6.25.